The molecule has 2 aromatic carbocycles. The van der Waals surface area contributed by atoms with Crippen molar-refractivity contribution in [2.45, 2.75) is 12.5 Å². The smallest absolute Gasteiger partial charge is 0.227 e. The van der Waals surface area contributed by atoms with E-state index in [1.54, 1.807) is 36.5 Å². The van der Waals surface area contributed by atoms with Crippen LogP contribution < -0.4 is 4.74 Å². The van der Waals surface area contributed by atoms with E-state index in [0.717, 1.165) is 11.3 Å². The number of amides is 1. The van der Waals surface area contributed by atoms with Crippen molar-refractivity contribution in [2.75, 3.05) is 26.8 Å². The fourth-order valence-electron chi connectivity index (χ4n) is 3.55. The van der Waals surface area contributed by atoms with Gasteiger partial charge in [-0.25, -0.2) is 4.39 Å². The molecule has 0 saturated carbocycles. The molecule has 4 rings (SSSR count). The lowest BCUT2D eigenvalue weighted by atomic mass is 10.0. The highest BCUT2D eigenvalue weighted by atomic mass is 19.1. The van der Waals surface area contributed by atoms with Crippen LogP contribution in [0, 0.1) is 5.82 Å². The molecule has 2 heterocycles. The number of methoxy groups -OCH3 is 1. The van der Waals surface area contributed by atoms with Crippen LogP contribution in [0.1, 0.15) is 17.4 Å². The summed E-state index contributed by atoms with van der Waals surface area (Å²) < 4.78 is 24.9. The maximum Gasteiger partial charge on any atom is 0.227 e. The van der Waals surface area contributed by atoms with Crippen molar-refractivity contribution in [2.24, 2.45) is 0 Å². The lowest BCUT2D eigenvalue weighted by Gasteiger charge is -2.33. The van der Waals surface area contributed by atoms with E-state index in [1.807, 2.05) is 24.3 Å². The van der Waals surface area contributed by atoms with Gasteiger partial charge in [-0.1, -0.05) is 24.3 Å². The second-order valence-electron chi connectivity index (χ2n) is 7.03. The van der Waals surface area contributed by atoms with E-state index >= 15 is 0 Å². The van der Waals surface area contributed by atoms with Crippen molar-refractivity contribution in [3.8, 4) is 17.0 Å². The number of carbonyl (C=O) groups excluding carboxylic acids is 1. The summed E-state index contributed by atoms with van der Waals surface area (Å²) in [5.41, 5.74) is 2.68. The molecule has 1 saturated heterocycles. The van der Waals surface area contributed by atoms with E-state index in [1.165, 1.54) is 12.1 Å². The van der Waals surface area contributed by atoms with Gasteiger partial charge in [0.05, 0.1) is 38.1 Å². The Balaban J connectivity index is 1.52. The predicted octanol–water partition coefficient (Wildman–Crippen LogP) is 3.43. The lowest BCUT2D eigenvalue weighted by Crippen LogP contribution is -2.43. The Labute approximate surface area is 174 Å². The van der Waals surface area contributed by atoms with Crippen molar-refractivity contribution < 1.29 is 18.7 Å². The highest BCUT2D eigenvalue weighted by Crippen LogP contribution is 2.29. The number of nitrogens with zero attached hydrogens (tertiary/aromatic N) is 3. The predicted molar refractivity (Wildman–Crippen MR) is 109 cm³/mol. The average molecular weight is 407 g/mol. The molecule has 3 aromatic rings. The maximum absolute atomic E-state index is 13.7. The number of aromatic nitrogens is 2. The van der Waals surface area contributed by atoms with Crippen LogP contribution in [0.3, 0.4) is 0 Å². The average Bonchev–Trinajstić information content (AvgIpc) is 2.79. The van der Waals surface area contributed by atoms with E-state index in [9.17, 15) is 9.18 Å². The Morgan fingerprint density at radius 3 is 2.87 bits per heavy atom. The molecule has 1 aromatic heterocycles. The molecule has 0 aliphatic carbocycles. The first-order chi connectivity index (χ1) is 14.6. The molecule has 1 amide bonds. The molecule has 0 spiro atoms. The summed E-state index contributed by atoms with van der Waals surface area (Å²) in [6.45, 7) is 1.27. The normalized spacial score (nSPS) is 16.3. The molecule has 0 radical (unpaired) electrons. The largest absolute Gasteiger partial charge is 0.497 e. The number of rotatable bonds is 5. The summed E-state index contributed by atoms with van der Waals surface area (Å²) >= 11 is 0. The van der Waals surface area contributed by atoms with Gasteiger partial charge in [-0.05, 0) is 29.8 Å². The van der Waals surface area contributed by atoms with E-state index in [4.69, 9.17) is 9.47 Å². The monoisotopic (exact) mass is 407 g/mol. The first kappa shape index (κ1) is 20.0. The van der Waals surface area contributed by atoms with Crippen molar-refractivity contribution in [1.82, 2.24) is 14.9 Å². The third-order valence-electron chi connectivity index (χ3n) is 5.04. The van der Waals surface area contributed by atoms with Gasteiger partial charge in [0, 0.05) is 24.5 Å². The molecular formula is C23H22FN3O3. The molecule has 0 N–H and O–H groups in total. The summed E-state index contributed by atoms with van der Waals surface area (Å²) in [5.74, 6) is 0.385. The first-order valence-corrected chi connectivity index (χ1v) is 9.73. The zero-order valence-electron chi connectivity index (χ0n) is 16.6. The number of halogens is 1. The second kappa shape index (κ2) is 9.00. The van der Waals surface area contributed by atoms with Crippen LogP contribution in [0.2, 0.25) is 0 Å². The standard InChI is InChI=1S/C23H22FN3O3/c1-29-19-7-2-4-16(12-19)13-21(28)27-10-11-30-20(15-27)23-22(25-8-9-26-23)17-5-3-6-18(24)14-17/h2-9,12,14,20H,10-11,13,15H2,1H3/t20-/m0/s1. The van der Waals surface area contributed by atoms with Crippen LogP contribution in [-0.2, 0) is 16.0 Å². The van der Waals surface area contributed by atoms with Crippen LogP contribution in [0.15, 0.2) is 60.9 Å². The summed E-state index contributed by atoms with van der Waals surface area (Å²) in [7, 11) is 1.60. The molecular weight excluding hydrogens is 385 g/mol. The molecule has 6 nitrogen and oxygen atoms in total. The van der Waals surface area contributed by atoms with Crippen LogP contribution in [0.4, 0.5) is 4.39 Å². The Hall–Kier alpha value is -3.32. The molecule has 1 fully saturated rings. The van der Waals surface area contributed by atoms with Crippen molar-refractivity contribution in [1.29, 1.82) is 0 Å². The van der Waals surface area contributed by atoms with Gasteiger partial charge in [-0.3, -0.25) is 14.8 Å². The third kappa shape index (κ3) is 4.46. The molecule has 1 aliphatic heterocycles. The maximum atomic E-state index is 13.7. The zero-order valence-corrected chi connectivity index (χ0v) is 16.6. The van der Waals surface area contributed by atoms with Gasteiger partial charge < -0.3 is 14.4 Å². The minimum atomic E-state index is -0.431. The van der Waals surface area contributed by atoms with Crippen LogP contribution >= 0.6 is 0 Å². The van der Waals surface area contributed by atoms with E-state index in [2.05, 4.69) is 9.97 Å². The molecule has 30 heavy (non-hydrogen) atoms. The van der Waals surface area contributed by atoms with Gasteiger partial charge in [0.2, 0.25) is 5.91 Å². The fourth-order valence-corrected chi connectivity index (χ4v) is 3.55. The highest BCUT2D eigenvalue weighted by Gasteiger charge is 2.28. The number of benzene rings is 2. The number of hydrogen-bond donors (Lipinski definition) is 0. The Kier molecular flexibility index (Phi) is 5.99. The fraction of sp³-hybridized carbons (Fsp3) is 0.261. The van der Waals surface area contributed by atoms with Crippen molar-refractivity contribution in [3.05, 3.63) is 78.0 Å². The Bertz CT molecular complexity index is 1040. The van der Waals surface area contributed by atoms with Gasteiger partial charge in [-0.2, -0.15) is 0 Å². The van der Waals surface area contributed by atoms with Crippen LogP contribution in [0.5, 0.6) is 5.75 Å². The molecule has 1 atom stereocenters. The molecule has 7 heteroatoms. The lowest BCUT2D eigenvalue weighted by molar-refractivity contribution is -0.138. The topological polar surface area (TPSA) is 64.5 Å². The molecule has 154 valence electrons. The summed E-state index contributed by atoms with van der Waals surface area (Å²) in [6.07, 6.45) is 3.00. The van der Waals surface area contributed by atoms with E-state index < -0.39 is 6.10 Å². The van der Waals surface area contributed by atoms with Crippen molar-refractivity contribution >= 4 is 5.91 Å². The highest BCUT2D eigenvalue weighted by molar-refractivity contribution is 5.79. The quantitative estimate of drug-likeness (QED) is 0.648. The minimum Gasteiger partial charge on any atom is -0.497 e. The SMILES string of the molecule is COc1cccc(CC(=O)N2CCO[C@H](c3nccnc3-c3cccc(F)c3)C2)c1. The van der Waals surface area contributed by atoms with Gasteiger partial charge in [0.25, 0.3) is 0 Å². The summed E-state index contributed by atoms with van der Waals surface area (Å²) in [4.78, 5) is 23.5. The van der Waals surface area contributed by atoms with Gasteiger partial charge in [-0.15, -0.1) is 0 Å². The molecule has 0 bridgehead atoms. The summed E-state index contributed by atoms with van der Waals surface area (Å²) in [5, 5.41) is 0. The number of carbonyl (C=O) groups is 1. The van der Waals surface area contributed by atoms with E-state index in [0.29, 0.717) is 36.6 Å². The van der Waals surface area contributed by atoms with Crippen LogP contribution in [-0.4, -0.2) is 47.6 Å². The minimum absolute atomic E-state index is 0.00717. The molecule has 0 unspecified atom stereocenters. The zero-order chi connectivity index (χ0) is 20.9. The third-order valence-corrected chi connectivity index (χ3v) is 5.04. The molecule has 1 aliphatic rings. The first-order valence-electron chi connectivity index (χ1n) is 9.73. The van der Waals surface area contributed by atoms with Crippen LogP contribution in [0.25, 0.3) is 11.3 Å². The van der Waals surface area contributed by atoms with Crippen molar-refractivity contribution in [3.63, 3.8) is 0 Å². The second-order valence-corrected chi connectivity index (χ2v) is 7.03. The Morgan fingerprint density at radius 1 is 1.20 bits per heavy atom. The van der Waals surface area contributed by atoms with E-state index in [-0.39, 0.29) is 18.1 Å². The van der Waals surface area contributed by atoms with Gasteiger partial charge >= 0.3 is 0 Å². The number of hydrogen-bond acceptors (Lipinski definition) is 5. The van der Waals surface area contributed by atoms with Gasteiger partial charge in [0.1, 0.15) is 17.7 Å². The Morgan fingerprint density at radius 2 is 2.03 bits per heavy atom. The number of ether oxygens (including phenoxy) is 2. The summed E-state index contributed by atoms with van der Waals surface area (Å²) in [6, 6.07) is 13.7. The van der Waals surface area contributed by atoms with Gasteiger partial charge in [0.15, 0.2) is 0 Å². The number of morpholine rings is 1.